The van der Waals surface area contributed by atoms with Crippen LogP contribution in [-0.4, -0.2) is 55.3 Å². The number of alkyl halides is 1. The molecule has 0 spiro atoms. The van der Waals surface area contributed by atoms with Crippen molar-refractivity contribution in [1.29, 1.82) is 0 Å². The normalized spacial score (nSPS) is 15.1. The molecule has 0 radical (unpaired) electrons. The average Bonchev–Trinajstić information content (AvgIpc) is 3.14. The highest BCUT2D eigenvalue weighted by Crippen LogP contribution is 2.39. The van der Waals surface area contributed by atoms with Crippen LogP contribution in [0.2, 0.25) is 10.1 Å². The van der Waals surface area contributed by atoms with Crippen LogP contribution < -0.4 is 20.7 Å². The first kappa shape index (κ1) is 40.2. The summed E-state index contributed by atoms with van der Waals surface area (Å²) in [5.74, 6) is 0.251. The van der Waals surface area contributed by atoms with Gasteiger partial charge in [0.2, 0.25) is 0 Å². The molecule has 0 aromatic heterocycles. The number of benzene rings is 5. The molecule has 0 aliphatic heterocycles. The van der Waals surface area contributed by atoms with Gasteiger partial charge in [-0.15, -0.1) is 0 Å². The summed E-state index contributed by atoms with van der Waals surface area (Å²) in [6.45, 7) is 13.8. The maximum Gasteiger partial charge on any atom is 0.261 e. The van der Waals surface area contributed by atoms with E-state index < -0.39 is 44.5 Å². The number of aliphatic hydroxyl groups excluding tert-OH is 1. The quantitative estimate of drug-likeness (QED) is 0.0866. The van der Waals surface area contributed by atoms with E-state index in [9.17, 15) is 9.32 Å². The second-order valence-corrected chi connectivity index (χ2v) is 26.8. The van der Waals surface area contributed by atoms with Crippen molar-refractivity contribution in [3.8, 4) is 0 Å². The van der Waals surface area contributed by atoms with Crippen molar-refractivity contribution in [2.75, 3.05) is 12.4 Å². The smallest absolute Gasteiger partial charge is 0.261 e. The Labute approximate surface area is 324 Å². The SMILES string of the molecule is CC(C)(C)[Si](OC[C@H](Br)[C@H](O)C[C@@H](CS(=O)c1ccccc1)O[Si](c1ccccc1)(c1ccccc1)C(C)(C)C)(c1ccccc1)c1ccccc1. The molecule has 5 aromatic carbocycles. The van der Waals surface area contributed by atoms with E-state index in [-0.39, 0.29) is 22.3 Å². The van der Waals surface area contributed by atoms with Crippen LogP contribution in [0, 0.1) is 0 Å². The molecule has 1 unspecified atom stereocenters. The number of halogens is 1. The minimum Gasteiger partial charge on any atom is -0.406 e. The van der Waals surface area contributed by atoms with E-state index in [1.54, 1.807) is 0 Å². The van der Waals surface area contributed by atoms with Crippen LogP contribution in [0.3, 0.4) is 0 Å². The Morgan fingerprint density at radius 1 is 0.596 bits per heavy atom. The Hall–Kier alpha value is -2.96. The molecular formula is C44H53BrO4SSi2. The lowest BCUT2D eigenvalue weighted by Gasteiger charge is -2.45. The van der Waals surface area contributed by atoms with E-state index in [4.69, 9.17) is 8.85 Å². The molecule has 0 heterocycles. The zero-order valence-electron chi connectivity index (χ0n) is 31.2. The Morgan fingerprint density at radius 3 is 1.31 bits per heavy atom. The van der Waals surface area contributed by atoms with Crippen molar-refractivity contribution in [2.45, 2.75) is 80.0 Å². The molecule has 4 nitrogen and oxygen atoms in total. The Balaban J connectivity index is 1.51. The third kappa shape index (κ3) is 8.87. The van der Waals surface area contributed by atoms with Crippen molar-refractivity contribution in [3.63, 3.8) is 0 Å². The molecule has 0 aliphatic carbocycles. The van der Waals surface area contributed by atoms with Crippen molar-refractivity contribution in [2.24, 2.45) is 0 Å². The Kier molecular flexibility index (Phi) is 13.5. The Morgan fingerprint density at radius 2 is 0.942 bits per heavy atom. The van der Waals surface area contributed by atoms with Crippen LogP contribution in [0.4, 0.5) is 0 Å². The van der Waals surface area contributed by atoms with Crippen LogP contribution in [0.1, 0.15) is 48.0 Å². The van der Waals surface area contributed by atoms with Gasteiger partial charge in [-0.05, 0) is 43.0 Å². The minimum atomic E-state index is -3.03. The van der Waals surface area contributed by atoms with Gasteiger partial charge < -0.3 is 14.0 Å². The second-order valence-electron chi connectivity index (χ2n) is 15.5. The van der Waals surface area contributed by atoms with Crippen LogP contribution in [-0.2, 0) is 19.7 Å². The highest BCUT2D eigenvalue weighted by atomic mass is 79.9. The first-order valence-corrected chi connectivity index (χ1v) is 24.1. The first-order chi connectivity index (χ1) is 24.8. The number of hydrogen-bond acceptors (Lipinski definition) is 4. The molecule has 4 atom stereocenters. The number of hydrogen-bond donors (Lipinski definition) is 1. The van der Waals surface area contributed by atoms with Crippen LogP contribution in [0.25, 0.3) is 0 Å². The molecule has 8 heteroatoms. The van der Waals surface area contributed by atoms with Crippen LogP contribution in [0.15, 0.2) is 157 Å². The largest absolute Gasteiger partial charge is 0.406 e. The molecule has 274 valence electrons. The molecule has 0 saturated heterocycles. The van der Waals surface area contributed by atoms with Crippen molar-refractivity contribution >= 4 is 64.1 Å². The third-order valence-corrected chi connectivity index (χ3v) is 22.3. The topological polar surface area (TPSA) is 55.8 Å². The molecule has 0 saturated carbocycles. The average molecular weight is 814 g/mol. The fourth-order valence-electron chi connectivity index (χ4n) is 7.42. The van der Waals surface area contributed by atoms with Gasteiger partial charge in [0.15, 0.2) is 0 Å². The van der Waals surface area contributed by atoms with Crippen molar-refractivity contribution in [3.05, 3.63) is 152 Å². The zero-order valence-corrected chi connectivity index (χ0v) is 35.6. The van der Waals surface area contributed by atoms with Gasteiger partial charge in [-0.3, -0.25) is 4.21 Å². The van der Waals surface area contributed by atoms with Gasteiger partial charge in [0.05, 0.1) is 33.6 Å². The zero-order chi connectivity index (χ0) is 37.4. The maximum atomic E-state index is 14.0. The molecule has 0 fully saturated rings. The number of aliphatic hydroxyl groups is 1. The van der Waals surface area contributed by atoms with Gasteiger partial charge in [-0.25, -0.2) is 0 Å². The summed E-state index contributed by atoms with van der Waals surface area (Å²) < 4.78 is 28.8. The molecule has 5 rings (SSSR count). The fraction of sp³-hybridized carbons (Fsp3) is 0.318. The first-order valence-electron chi connectivity index (χ1n) is 18.1. The second kappa shape index (κ2) is 17.5. The van der Waals surface area contributed by atoms with Gasteiger partial charge in [0.1, 0.15) is 0 Å². The summed E-state index contributed by atoms with van der Waals surface area (Å²) in [4.78, 5) is 0.350. The summed E-state index contributed by atoms with van der Waals surface area (Å²) in [6.07, 6.45) is -1.08. The molecule has 0 amide bonds. The van der Waals surface area contributed by atoms with Gasteiger partial charge in [-0.1, -0.05) is 197 Å². The van der Waals surface area contributed by atoms with Crippen LogP contribution >= 0.6 is 15.9 Å². The van der Waals surface area contributed by atoms with Gasteiger partial charge in [-0.2, -0.15) is 0 Å². The van der Waals surface area contributed by atoms with E-state index >= 15 is 0 Å². The summed E-state index contributed by atoms with van der Waals surface area (Å²) in [5, 5.41) is 16.3. The summed E-state index contributed by atoms with van der Waals surface area (Å²) in [6, 6.07) is 51.7. The van der Waals surface area contributed by atoms with E-state index in [0.29, 0.717) is 6.61 Å². The van der Waals surface area contributed by atoms with Crippen molar-refractivity contribution < 1.29 is 18.2 Å². The van der Waals surface area contributed by atoms with E-state index in [0.717, 1.165) is 15.3 Å². The molecule has 0 aliphatic rings. The molecule has 0 bridgehead atoms. The lowest BCUT2D eigenvalue weighted by atomic mass is 10.1. The summed E-state index contributed by atoms with van der Waals surface area (Å²) >= 11 is 3.88. The van der Waals surface area contributed by atoms with Crippen molar-refractivity contribution in [1.82, 2.24) is 0 Å². The standard InChI is InChI=1S/C44H53BrO4SSi2/c1-43(2,3)51(37-24-14-8-15-25-37,38-26-16-9-17-27-38)48-33-41(45)42(46)32-35(34-50(47)36-22-12-7-13-23-36)49-52(44(4,5)6,39-28-18-10-19-29-39)40-30-20-11-21-31-40/h7-31,35,41-42,46H,32-34H2,1-6H3/t35-,41-,42+,50?/m0/s1. The van der Waals surface area contributed by atoms with E-state index in [1.165, 1.54) is 10.4 Å². The summed E-state index contributed by atoms with van der Waals surface area (Å²) in [7, 11) is -7.21. The fourth-order valence-corrected chi connectivity index (χ4v) is 18.6. The van der Waals surface area contributed by atoms with Gasteiger partial charge in [0, 0.05) is 17.9 Å². The molecule has 5 aromatic rings. The predicted octanol–water partition coefficient (Wildman–Crippen LogP) is 7.83. The highest BCUT2D eigenvalue weighted by Gasteiger charge is 2.53. The predicted molar refractivity (Wildman–Crippen MR) is 227 cm³/mol. The monoisotopic (exact) mass is 812 g/mol. The lowest BCUT2D eigenvalue weighted by molar-refractivity contribution is 0.0873. The molecule has 52 heavy (non-hydrogen) atoms. The molecule has 1 N–H and O–H groups in total. The maximum absolute atomic E-state index is 14.0. The number of rotatable bonds is 15. The minimum absolute atomic E-state index is 0.200. The van der Waals surface area contributed by atoms with Crippen LogP contribution in [0.5, 0.6) is 0 Å². The third-order valence-electron chi connectivity index (χ3n) is 9.90. The lowest BCUT2D eigenvalue weighted by Crippen LogP contribution is -2.68. The van der Waals surface area contributed by atoms with E-state index in [1.807, 2.05) is 54.6 Å². The Bertz CT molecular complexity index is 1750. The van der Waals surface area contributed by atoms with Gasteiger partial charge in [0.25, 0.3) is 16.6 Å². The van der Waals surface area contributed by atoms with E-state index in [2.05, 4.69) is 155 Å². The van der Waals surface area contributed by atoms with Gasteiger partial charge >= 0.3 is 0 Å². The summed E-state index contributed by atoms with van der Waals surface area (Å²) in [5.41, 5.74) is 0. The molecular weight excluding hydrogens is 761 g/mol. The highest BCUT2D eigenvalue weighted by molar-refractivity contribution is 9.09.